The van der Waals surface area contributed by atoms with E-state index in [9.17, 15) is 18.0 Å². The molecule has 1 fully saturated rings. The molecule has 7 nitrogen and oxygen atoms in total. The summed E-state index contributed by atoms with van der Waals surface area (Å²) < 4.78 is 27.2. The fraction of sp³-hybridized carbons (Fsp3) is 0.462. The summed E-state index contributed by atoms with van der Waals surface area (Å²) in [6.07, 6.45) is 4.32. The summed E-state index contributed by atoms with van der Waals surface area (Å²) in [4.78, 5) is 28.3. The maximum absolute atomic E-state index is 13.6. The van der Waals surface area contributed by atoms with Gasteiger partial charge in [-0.1, -0.05) is 66.7 Å². The van der Waals surface area contributed by atoms with Gasteiger partial charge < -0.3 is 10.2 Å². The van der Waals surface area contributed by atoms with Gasteiger partial charge in [-0.2, -0.15) is 4.31 Å². The van der Waals surface area contributed by atoms with Crippen LogP contribution in [0.15, 0.2) is 47.4 Å². The van der Waals surface area contributed by atoms with Gasteiger partial charge in [-0.05, 0) is 56.0 Å². The highest BCUT2D eigenvalue weighted by molar-refractivity contribution is 7.89. The van der Waals surface area contributed by atoms with Crippen LogP contribution in [0.25, 0.3) is 0 Å². The van der Waals surface area contributed by atoms with Crippen LogP contribution in [0.4, 0.5) is 0 Å². The van der Waals surface area contributed by atoms with Crippen LogP contribution in [0, 0.1) is 6.92 Å². The summed E-state index contributed by atoms with van der Waals surface area (Å²) >= 11 is 12.4. The van der Waals surface area contributed by atoms with E-state index >= 15 is 0 Å². The first kappa shape index (κ1) is 28.4. The molecule has 36 heavy (non-hydrogen) atoms. The molecule has 196 valence electrons. The Hall–Kier alpha value is -2.13. The zero-order chi connectivity index (χ0) is 26.5. The van der Waals surface area contributed by atoms with Crippen LogP contribution in [0.2, 0.25) is 10.0 Å². The number of nitrogens with one attached hydrogen (secondary N) is 1. The third kappa shape index (κ3) is 7.00. The van der Waals surface area contributed by atoms with Crippen LogP contribution in [-0.2, 0) is 26.2 Å². The van der Waals surface area contributed by atoms with E-state index in [1.807, 2.05) is 13.8 Å². The number of benzene rings is 2. The van der Waals surface area contributed by atoms with Gasteiger partial charge >= 0.3 is 0 Å². The van der Waals surface area contributed by atoms with E-state index in [1.165, 1.54) is 24.1 Å². The third-order valence-electron chi connectivity index (χ3n) is 6.53. The number of rotatable bonds is 10. The van der Waals surface area contributed by atoms with Crippen LogP contribution in [0.5, 0.6) is 0 Å². The second-order valence-electron chi connectivity index (χ2n) is 9.25. The molecule has 2 aromatic carbocycles. The molecule has 0 spiro atoms. The lowest BCUT2D eigenvalue weighted by Gasteiger charge is -2.33. The summed E-state index contributed by atoms with van der Waals surface area (Å²) in [6, 6.07) is 10.7. The molecule has 1 saturated carbocycles. The number of carbonyl (C=O) groups is 2. The molecule has 1 aliphatic carbocycles. The summed E-state index contributed by atoms with van der Waals surface area (Å²) in [5, 5.41) is 3.89. The average molecular weight is 555 g/mol. The first-order valence-electron chi connectivity index (χ1n) is 12.1. The number of hydrogen-bond acceptors (Lipinski definition) is 4. The van der Waals surface area contributed by atoms with E-state index in [1.54, 1.807) is 30.3 Å². The van der Waals surface area contributed by atoms with Crippen molar-refractivity contribution < 1.29 is 18.0 Å². The van der Waals surface area contributed by atoms with E-state index in [0.29, 0.717) is 22.0 Å². The minimum Gasteiger partial charge on any atom is -0.352 e. The van der Waals surface area contributed by atoms with E-state index in [4.69, 9.17) is 23.2 Å². The standard InChI is InChI=1S/C26H33Cl2N3O4S/c1-4-24(26(33)29-21-7-5-6-8-21)31(16-19-11-12-20(27)15-23(19)28)25(32)17-30(3)36(34,35)22-13-9-18(2)10-14-22/h9-15,21,24H,4-8,16-17H2,1-3H3,(H,29,33)/t24-/m0/s1. The lowest BCUT2D eigenvalue weighted by molar-refractivity contribution is -0.141. The van der Waals surface area contributed by atoms with Crippen molar-refractivity contribution in [2.45, 2.75) is 69.5 Å². The molecular formula is C26H33Cl2N3O4S. The van der Waals surface area contributed by atoms with Gasteiger partial charge in [0.05, 0.1) is 11.4 Å². The average Bonchev–Trinajstić information content (AvgIpc) is 3.33. The summed E-state index contributed by atoms with van der Waals surface area (Å²) in [7, 11) is -2.54. The van der Waals surface area contributed by atoms with Crippen LogP contribution in [0.1, 0.15) is 50.2 Å². The Labute approximate surface area is 223 Å². The number of nitrogens with zero attached hydrogens (tertiary/aromatic N) is 2. The topological polar surface area (TPSA) is 86.8 Å². The monoisotopic (exact) mass is 553 g/mol. The first-order chi connectivity index (χ1) is 17.0. The van der Waals surface area contributed by atoms with Crippen molar-refractivity contribution >= 4 is 45.0 Å². The van der Waals surface area contributed by atoms with Gasteiger partial charge in [-0.25, -0.2) is 8.42 Å². The Kier molecular flexibility index (Phi) is 9.80. The number of aryl methyl sites for hydroxylation is 1. The number of hydrogen-bond donors (Lipinski definition) is 1. The van der Waals surface area contributed by atoms with E-state index in [0.717, 1.165) is 35.6 Å². The fourth-order valence-electron chi connectivity index (χ4n) is 4.38. The fourth-order valence-corrected chi connectivity index (χ4v) is 5.97. The van der Waals surface area contributed by atoms with Crippen LogP contribution in [-0.4, -0.2) is 55.1 Å². The zero-order valence-electron chi connectivity index (χ0n) is 20.8. The molecule has 0 heterocycles. The number of carbonyl (C=O) groups excluding carboxylic acids is 2. The Balaban J connectivity index is 1.86. The molecule has 0 bridgehead atoms. The molecule has 0 radical (unpaired) electrons. The van der Waals surface area contributed by atoms with Crippen molar-refractivity contribution in [3.8, 4) is 0 Å². The maximum atomic E-state index is 13.6. The number of sulfonamides is 1. The lowest BCUT2D eigenvalue weighted by Crippen LogP contribution is -2.53. The first-order valence-corrected chi connectivity index (χ1v) is 14.3. The molecule has 1 N–H and O–H groups in total. The second kappa shape index (κ2) is 12.4. The quantitative estimate of drug-likeness (QED) is 0.458. The van der Waals surface area contributed by atoms with Crippen molar-refractivity contribution in [1.82, 2.24) is 14.5 Å². The number of amides is 2. The molecular weight excluding hydrogens is 521 g/mol. The van der Waals surface area contributed by atoms with Crippen molar-refractivity contribution in [2.24, 2.45) is 0 Å². The van der Waals surface area contributed by atoms with Gasteiger partial charge in [0.2, 0.25) is 21.8 Å². The molecule has 1 atom stereocenters. The van der Waals surface area contributed by atoms with E-state index in [2.05, 4.69) is 5.32 Å². The van der Waals surface area contributed by atoms with Gasteiger partial charge in [0.25, 0.3) is 0 Å². The predicted molar refractivity (Wildman–Crippen MR) is 142 cm³/mol. The second-order valence-corrected chi connectivity index (χ2v) is 12.1. The molecule has 0 aromatic heterocycles. The molecule has 1 aliphatic rings. The summed E-state index contributed by atoms with van der Waals surface area (Å²) in [6.45, 7) is 3.32. The number of halogens is 2. The third-order valence-corrected chi connectivity index (χ3v) is 8.93. The molecule has 3 rings (SSSR count). The lowest BCUT2D eigenvalue weighted by atomic mass is 10.1. The molecule has 0 unspecified atom stereocenters. The smallest absolute Gasteiger partial charge is 0.243 e. The van der Waals surface area contributed by atoms with Crippen molar-refractivity contribution in [1.29, 1.82) is 0 Å². The molecule has 0 aliphatic heterocycles. The van der Waals surface area contributed by atoms with Crippen molar-refractivity contribution in [3.05, 3.63) is 63.6 Å². The van der Waals surface area contributed by atoms with Gasteiger partial charge in [0.1, 0.15) is 6.04 Å². The van der Waals surface area contributed by atoms with Gasteiger partial charge in [-0.15, -0.1) is 0 Å². The normalized spacial score (nSPS) is 15.2. The summed E-state index contributed by atoms with van der Waals surface area (Å²) in [5.41, 5.74) is 1.54. The molecule has 0 saturated heterocycles. The van der Waals surface area contributed by atoms with Crippen molar-refractivity contribution in [2.75, 3.05) is 13.6 Å². The molecule has 2 amide bonds. The predicted octanol–water partition coefficient (Wildman–Crippen LogP) is 4.79. The molecule has 2 aromatic rings. The highest BCUT2D eigenvalue weighted by Gasteiger charge is 2.33. The maximum Gasteiger partial charge on any atom is 0.243 e. The van der Waals surface area contributed by atoms with Crippen molar-refractivity contribution in [3.63, 3.8) is 0 Å². The van der Waals surface area contributed by atoms with Gasteiger partial charge in [0, 0.05) is 29.7 Å². The molecule has 10 heteroatoms. The largest absolute Gasteiger partial charge is 0.352 e. The zero-order valence-corrected chi connectivity index (χ0v) is 23.2. The van der Waals surface area contributed by atoms with Gasteiger partial charge in [-0.3, -0.25) is 9.59 Å². The number of likely N-dealkylation sites (N-methyl/N-ethyl adjacent to an activating group) is 1. The van der Waals surface area contributed by atoms with Crippen LogP contribution in [0.3, 0.4) is 0 Å². The van der Waals surface area contributed by atoms with E-state index < -0.39 is 28.5 Å². The Morgan fingerprint density at radius 1 is 1.08 bits per heavy atom. The van der Waals surface area contributed by atoms with Crippen LogP contribution >= 0.6 is 23.2 Å². The Bertz CT molecular complexity index is 1180. The van der Waals surface area contributed by atoms with Crippen LogP contribution < -0.4 is 5.32 Å². The minimum atomic E-state index is -3.90. The van der Waals surface area contributed by atoms with Gasteiger partial charge in [0.15, 0.2) is 0 Å². The minimum absolute atomic E-state index is 0.0455. The summed E-state index contributed by atoms with van der Waals surface area (Å²) in [5.74, 6) is -0.737. The highest BCUT2D eigenvalue weighted by Crippen LogP contribution is 2.25. The Morgan fingerprint density at radius 2 is 1.72 bits per heavy atom. The SMILES string of the molecule is CC[C@@H](C(=O)NC1CCCC1)N(Cc1ccc(Cl)cc1Cl)C(=O)CN(C)S(=O)(=O)c1ccc(C)cc1. The Morgan fingerprint density at radius 3 is 2.31 bits per heavy atom. The van der Waals surface area contributed by atoms with E-state index in [-0.39, 0.29) is 23.4 Å². The highest BCUT2D eigenvalue weighted by atomic mass is 35.5.